The first kappa shape index (κ1) is 24.7. The van der Waals surface area contributed by atoms with Gasteiger partial charge in [0.15, 0.2) is 17.5 Å². The molecule has 1 amide bonds. The van der Waals surface area contributed by atoms with E-state index in [0.29, 0.717) is 24.0 Å². The summed E-state index contributed by atoms with van der Waals surface area (Å²) in [6.07, 6.45) is 4.49. The van der Waals surface area contributed by atoms with Gasteiger partial charge in [-0.05, 0) is 31.7 Å². The van der Waals surface area contributed by atoms with Gasteiger partial charge in [-0.2, -0.15) is 8.78 Å². The number of hydrogen-bond acceptors (Lipinski definition) is 4. The fourth-order valence-corrected chi connectivity index (χ4v) is 3.52. The highest BCUT2D eigenvalue weighted by Crippen LogP contribution is 2.33. The fourth-order valence-electron chi connectivity index (χ4n) is 3.52. The van der Waals surface area contributed by atoms with Crippen LogP contribution in [-0.4, -0.2) is 56.7 Å². The summed E-state index contributed by atoms with van der Waals surface area (Å²) in [4.78, 5) is 18.1. The number of rotatable bonds is 9. The average Bonchev–Trinajstić information content (AvgIpc) is 2.72. The number of amides is 1. The number of carbonyl (C=O) groups is 1. The van der Waals surface area contributed by atoms with Crippen molar-refractivity contribution in [3.63, 3.8) is 0 Å². The number of ether oxygens (including phenoxy) is 2. The molecule has 31 heavy (non-hydrogen) atoms. The molecule has 1 aromatic carbocycles. The molecule has 1 fully saturated rings. The molecule has 0 saturated heterocycles. The summed E-state index contributed by atoms with van der Waals surface area (Å²) in [6.45, 7) is 1.50. The Kier molecular flexibility index (Phi) is 9.81. The highest BCUT2D eigenvalue weighted by Gasteiger charge is 2.23. The van der Waals surface area contributed by atoms with E-state index in [1.54, 1.807) is 39.2 Å². The van der Waals surface area contributed by atoms with Gasteiger partial charge >= 0.3 is 6.61 Å². The number of halogens is 2. The van der Waals surface area contributed by atoms with Gasteiger partial charge in [-0.25, -0.2) is 4.99 Å². The summed E-state index contributed by atoms with van der Waals surface area (Å²) in [7, 11) is 3.37. The van der Waals surface area contributed by atoms with Gasteiger partial charge in [0.1, 0.15) is 0 Å². The van der Waals surface area contributed by atoms with Crippen molar-refractivity contribution in [1.82, 2.24) is 15.5 Å². The lowest BCUT2D eigenvalue weighted by Crippen LogP contribution is -2.49. The molecule has 0 bridgehead atoms. The maximum Gasteiger partial charge on any atom is 0.387 e. The molecule has 2 rings (SSSR count). The van der Waals surface area contributed by atoms with Crippen molar-refractivity contribution < 1.29 is 23.0 Å². The van der Waals surface area contributed by atoms with E-state index in [2.05, 4.69) is 22.5 Å². The number of hydrogen-bond donors (Lipinski definition) is 2. The molecule has 2 N–H and O–H groups in total. The topological polar surface area (TPSA) is 75.2 Å². The van der Waals surface area contributed by atoms with Crippen molar-refractivity contribution in [3.05, 3.63) is 23.8 Å². The van der Waals surface area contributed by atoms with E-state index in [9.17, 15) is 13.6 Å². The predicted octanol–water partition coefficient (Wildman–Crippen LogP) is 3.39. The third-order valence-electron chi connectivity index (χ3n) is 5.31. The molecule has 0 spiro atoms. The summed E-state index contributed by atoms with van der Waals surface area (Å²) in [5, 5.41) is 6.48. The van der Waals surface area contributed by atoms with Gasteiger partial charge < -0.3 is 25.0 Å². The maximum absolute atomic E-state index is 13.0. The van der Waals surface area contributed by atoms with Crippen molar-refractivity contribution >= 4 is 11.9 Å². The Hall–Kier alpha value is -2.58. The summed E-state index contributed by atoms with van der Waals surface area (Å²) in [6, 6.07) is 5.22. The molecule has 174 valence electrons. The summed E-state index contributed by atoms with van der Waals surface area (Å²) >= 11 is 0. The Labute approximate surface area is 183 Å². The normalized spacial score (nSPS) is 19.1. The van der Waals surface area contributed by atoms with Crippen LogP contribution in [0.25, 0.3) is 0 Å². The van der Waals surface area contributed by atoms with Gasteiger partial charge in [0, 0.05) is 25.7 Å². The molecule has 0 aromatic heterocycles. The fraction of sp³-hybridized carbons (Fsp3) is 0.636. The number of aliphatic imine (C=N–C) groups is 1. The Balaban J connectivity index is 2.23. The molecule has 1 aromatic rings. The van der Waals surface area contributed by atoms with E-state index in [-0.39, 0.29) is 36.5 Å². The van der Waals surface area contributed by atoms with Gasteiger partial charge in [-0.1, -0.05) is 31.9 Å². The van der Waals surface area contributed by atoms with Crippen LogP contribution in [0.15, 0.2) is 23.2 Å². The molecule has 1 aliphatic carbocycles. The summed E-state index contributed by atoms with van der Waals surface area (Å²) in [5.41, 5.74) is 0.475. The van der Waals surface area contributed by atoms with Crippen LogP contribution in [0.4, 0.5) is 8.78 Å². The Morgan fingerprint density at radius 2 is 2.03 bits per heavy atom. The lowest BCUT2D eigenvalue weighted by atomic mass is 9.86. The number of nitrogens with zero attached hydrogens (tertiary/aromatic N) is 2. The SMILES string of the molecule is CCOc1cccc(CN=C(NCC(=O)N(C)C)NC2CCCCC2C)c1OC(F)F. The van der Waals surface area contributed by atoms with E-state index < -0.39 is 6.61 Å². The molecule has 0 heterocycles. The van der Waals surface area contributed by atoms with Crippen LogP contribution in [0.3, 0.4) is 0 Å². The zero-order valence-corrected chi connectivity index (χ0v) is 18.8. The zero-order chi connectivity index (χ0) is 22.8. The number of guanidine groups is 1. The van der Waals surface area contributed by atoms with E-state index in [1.807, 2.05) is 0 Å². The van der Waals surface area contributed by atoms with Gasteiger partial charge in [0.25, 0.3) is 0 Å². The van der Waals surface area contributed by atoms with Crippen molar-refractivity contribution in [2.45, 2.75) is 58.7 Å². The minimum Gasteiger partial charge on any atom is -0.490 e. The van der Waals surface area contributed by atoms with Crippen molar-refractivity contribution in [3.8, 4) is 11.5 Å². The average molecular weight is 441 g/mol. The van der Waals surface area contributed by atoms with Crippen LogP contribution in [0.1, 0.15) is 45.1 Å². The molecular formula is C22H34F2N4O3. The van der Waals surface area contributed by atoms with E-state index in [1.165, 1.54) is 11.3 Å². The number of carbonyl (C=O) groups excluding carboxylic acids is 1. The molecule has 0 radical (unpaired) electrons. The first-order valence-electron chi connectivity index (χ1n) is 10.8. The van der Waals surface area contributed by atoms with Gasteiger partial charge in [0.05, 0.1) is 19.7 Å². The molecule has 7 nitrogen and oxygen atoms in total. The van der Waals surface area contributed by atoms with E-state index >= 15 is 0 Å². The van der Waals surface area contributed by atoms with Gasteiger partial charge in [0.2, 0.25) is 5.91 Å². The highest BCUT2D eigenvalue weighted by molar-refractivity contribution is 5.86. The van der Waals surface area contributed by atoms with E-state index in [0.717, 1.165) is 19.3 Å². The molecule has 2 atom stereocenters. The second-order valence-corrected chi connectivity index (χ2v) is 7.88. The minimum atomic E-state index is -2.97. The number of alkyl halides is 2. The van der Waals surface area contributed by atoms with Crippen molar-refractivity contribution in [1.29, 1.82) is 0 Å². The van der Waals surface area contributed by atoms with Gasteiger partial charge in [-0.15, -0.1) is 0 Å². The molecule has 9 heteroatoms. The van der Waals surface area contributed by atoms with Crippen molar-refractivity contribution in [2.24, 2.45) is 10.9 Å². The Morgan fingerprint density at radius 3 is 2.68 bits per heavy atom. The van der Waals surface area contributed by atoms with Crippen LogP contribution in [0.5, 0.6) is 11.5 Å². The molecular weight excluding hydrogens is 406 g/mol. The second-order valence-electron chi connectivity index (χ2n) is 7.88. The Bertz CT molecular complexity index is 743. The second kappa shape index (κ2) is 12.3. The minimum absolute atomic E-state index is 0.0159. The van der Waals surface area contributed by atoms with Crippen LogP contribution >= 0.6 is 0 Å². The molecule has 0 aliphatic heterocycles. The van der Waals surface area contributed by atoms with E-state index in [4.69, 9.17) is 9.47 Å². The number of likely N-dealkylation sites (N-methyl/N-ethyl adjacent to an activating group) is 1. The lowest BCUT2D eigenvalue weighted by Gasteiger charge is -2.31. The van der Waals surface area contributed by atoms with Gasteiger partial charge in [-0.3, -0.25) is 4.79 Å². The Morgan fingerprint density at radius 1 is 1.29 bits per heavy atom. The maximum atomic E-state index is 13.0. The quantitative estimate of drug-likeness (QED) is 0.455. The zero-order valence-electron chi connectivity index (χ0n) is 18.8. The number of benzene rings is 1. The molecule has 2 unspecified atom stereocenters. The molecule has 1 aliphatic rings. The summed E-state index contributed by atoms with van der Waals surface area (Å²) < 4.78 is 36.1. The summed E-state index contributed by atoms with van der Waals surface area (Å²) in [5.74, 6) is 1.09. The highest BCUT2D eigenvalue weighted by atomic mass is 19.3. The number of nitrogens with one attached hydrogen (secondary N) is 2. The van der Waals surface area contributed by atoms with Crippen LogP contribution in [-0.2, 0) is 11.3 Å². The number of para-hydroxylation sites is 1. The first-order chi connectivity index (χ1) is 14.8. The monoisotopic (exact) mass is 440 g/mol. The first-order valence-corrected chi connectivity index (χ1v) is 10.8. The third-order valence-corrected chi connectivity index (χ3v) is 5.31. The van der Waals surface area contributed by atoms with Crippen LogP contribution in [0, 0.1) is 5.92 Å². The van der Waals surface area contributed by atoms with Crippen LogP contribution in [0.2, 0.25) is 0 Å². The van der Waals surface area contributed by atoms with Crippen LogP contribution < -0.4 is 20.1 Å². The molecule has 1 saturated carbocycles. The van der Waals surface area contributed by atoms with Crippen molar-refractivity contribution in [2.75, 3.05) is 27.2 Å². The lowest BCUT2D eigenvalue weighted by molar-refractivity contribution is -0.127. The smallest absolute Gasteiger partial charge is 0.387 e. The standard InChI is InChI=1S/C22H34F2N4O3/c1-5-30-18-12-8-10-16(20(18)31-21(23)24)13-25-22(26-14-19(29)28(3)4)27-17-11-7-6-9-15(17)2/h8,10,12,15,17,21H,5-7,9,11,13-14H2,1-4H3,(H2,25,26,27). The third kappa shape index (κ3) is 7.88. The predicted molar refractivity (Wildman–Crippen MR) is 117 cm³/mol. The largest absolute Gasteiger partial charge is 0.490 e.